The van der Waals surface area contributed by atoms with Gasteiger partial charge in [0.1, 0.15) is 0 Å². The van der Waals surface area contributed by atoms with E-state index in [1.165, 1.54) is 0 Å². The Morgan fingerprint density at radius 1 is 1.22 bits per heavy atom. The first-order valence-corrected chi connectivity index (χ1v) is 10.2. The molecule has 0 radical (unpaired) electrons. The molecule has 0 aliphatic carbocycles. The Balaban J connectivity index is 1.94. The van der Waals surface area contributed by atoms with Gasteiger partial charge >= 0.3 is 0 Å². The SMILES string of the molecule is CCOc1ccc(C(C)NC(=NC)NCCc2csc(C)n2)cc1OCC. The van der Waals surface area contributed by atoms with E-state index in [2.05, 4.69) is 39.0 Å². The fourth-order valence-corrected chi connectivity index (χ4v) is 3.30. The van der Waals surface area contributed by atoms with Crippen LogP contribution in [-0.2, 0) is 6.42 Å². The lowest BCUT2D eigenvalue weighted by Gasteiger charge is -2.20. The molecule has 7 heteroatoms. The van der Waals surface area contributed by atoms with Crippen molar-refractivity contribution < 1.29 is 9.47 Å². The van der Waals surface area contributed by atoms with Crippen LogP contribution < -0.4 is 20.1 Å². The number of thiazole rings is 1. The summed E-state index contributed by atoms with van der Waals surface area (Å²) in [4.78, 5) is 8.80. The summed E-state index contributed by atoms with van der Waals surface area (Å²) in [6, 6.07) is 6.11. The quantitative estimate of drug-likeness (QED) is 0.505. The predicted octanol–water partition coefficient (Wildman–Crippen LogP) is 3.72. The van der Waals surface area contributed by atoms with Gasteiger partial charge in [-0.3, -0.25) is 4.99 Å². The maximum Gasteiger partial charge on any atom is 0.191 e. The van der Waals surface area contributed by atoms with Gasteiger partial charge in [-0.05, 0) is 45.4 Å². The molecule has 2 aromatic rings. The van der Waals surface area contributed by atoms with E-state index in [0.717, 1.165) is 46.7 Å². The average Bonchev–Trinajstić information content (AvgIpc) is 3.07. The number of aliphatic imine (C=N–C) groups is 1. The molecule has 1 unspecified atom stereocenters. The Hall–Kier alpha value is -2.28. The smallest absolute Gasteiger partial charge is 0.191 e. The molecular weight excluding hydrogens is 360 g/mol. The van der Waals surface area contributed by atoms with Gasteiger partial charge in [0, 0.05) is 25.4 Å². The van der Waals surface area contributed by atoms with Crippen molar-refractivity contribution in [3.8, 4) is 11.5 Å². The number of benzene rings is 1. The van der Waals surface area contributed by atoms with Gasteiger partial charge in [0.2, 0.25) is 0 Å². The minimum atomic E-state index is 0.0765. The lowest BCUT2D eigenvalue weighted by molar-refractivity contribution is 0.287. The zero-order chi connectivity index (χ0) is 19.6. The maximum absolute atomic E-state index is 5.72. The van der Waals surface area contributed by atoms with E-state index >= 15 is 0 Å². The molecule has 0 fully saturated rings. The van der Waals surface area contributed by atoms with Gasteiger partial charge in [0.05, 0.1) is 30.0 Å². The average molecular weight is 391 g/mol. The van der Waals surface area contributed by atoms with Crippen molar-refractivity contribution >= 4 is 17.3 Å². The van der Waals surface area contributed by atoms with Crippen molar-refractivity contribution in [3.05, 3.63) is 39.8 Å². The lowest BCUT2D eigenvalue weighted by atomic mass is 10.1. The van der Waals surface area contributed by atoms with Crippen molar-refractivity contribution in [3.63, 3.8) is 0 Å². The van der Waals surface area contributed by atoms with Gasteiger partial charge in [-0.1, -0.05) is 6.07 Å². The molecule has 0 spiro atoms. The first kappa shape index (κ1) is 21.0. The minimum absolute atomic E-state index is 0.0765. The van der Waals surface area contributed by atoms with E-state index < -0.39 is 0 Å². The van der Waals surface area contributed by atoms with Gasteiger partial charge < -0.3 is 20.1 Å². The molecule has 148 valence electrons. The van der Waals surface area contributed by atoms with Gasteiger partial charge in [-0.2, -0.15) is 0 Å². The van der Waals surface area contributed by atoms with E-state index in [0.29, 0.717) is 13.2 Å². The summed E-state index contributed by atoms with van der Waals surface area (Å²) in [5.41, 5.74) is 2.22. The number of aromatic nitrogens is 1. The summed E-state index contributed by atoms with van der Waals surface area (Å²) in [7, 11) is 1.78. The summed E-state index contributed by atoms with van der Waals surface area (Å²) < 4.78 is 11.4. The fraction of sp³-hybridized carbons (Fsp3) is 0.500. The Bertz CT molecular complexity index is 745. The van der Waals surface area contributed by atoms with Gasteiger partial charge in [0.15, 0.2) is 17.5 Å². The normalized spacial score (nSPS) is 12.6. The van der Waals surface area contributed by atoms with Crippen molar-refractivity contribution in [2.45, 2.75) is 40.2 Å². The molecule has 0 amide bonds. The first-order chi connectivity index (χ1) is 13.1. The van der Waals surface area contributed by atoms with Crippen molar-refractivity contribution in [2.24, 2.45) is 4.99 Å². The molecule has 2 N–H and O–H groups in total. The van der Waals surface area contributed by atoms with Crippen LogP contribution in [0.25, 0.3) is 0 Å². The molecule has 0 bridgehead atoms. The predicted molar refractivity (Wildman–Crippen MR) is 112 cm³/mol. The number of hydrogen-bond acceptors (Lipinski definition) is 5. The topological polar surface area (TPSA) is 67.8 Å². The molecule has 27 heavy (non-hydrogen) atoms. The van der Waals surface area contributed by atoms with Crippen molar-refractivity contribution in [2.75, 3.05) is 26.8 Å². The number of ether oxygens (including phenoxy) is 2. The highest BCUT2D eigenvalue weighted by Gasteiger charge is 2.12. The molecule has 0 saturated heterocycles. The van der Waals surface area contributed by atoms with Crippen LogP contribution >= 0.6 is 11.3 Å². The summed E-state index contributed by atoms with van der Waals surface area (Å²) in [5, 5.41) is 9.97. The van der Waals surface area contributed by atoms with Crippen LogP contribution in [0.5, 0.6) is 11.5 Å². The van der Waals surface area contributed by atoms with Crippen LogP contribution in [0.4, 0.5) is 0 Å². The maximum atomic E-state index is 5.72. The summed E-state index contributed by atoms with van der Waals surface area (Å²) in [6.07, 6.45) is 0.872. The molecule has 0 aliphatic rings. The lowest BCUT2D eigenvalue weighted by Crippen LogP contribution is -2.39. The largest absolute Gasteiger partial charge is 0.490 e. The van der Waals surface area contributed by atoms with Gasteiger partial charge in [0.25, 0.3) is 0 Å². The fourth-order valence-electron chi connectivity index (χ4n) is 2.65. The van der Waals surface area contributed by atoms with Crippen LogP contribution in [0, 0.1) is 6.92 Å². The number of hydrogen-bond donors (Lipinski definition) is 2. The molecule has 6 nitrogen and oxygen atoms in total. The monoisotopic (exact) mass is 390 g/mol. The van der Waals surface area contributed by atoms with Gasteiger partial charge in [-0.25, -0.2) is 4.98 Å². The zero-order valence-corrected chi connectivity index (χ0v) is 17.7. The standard InChI is InChI=1S/C20H30N4O2S/c1-6-25-18-9-8-16(12-19(18)26-7-2)14(3)23-20(21-5)22-11-10-17-13-27-15(4)24-17/h8-9,12-14H,6-7,10-11H2,1-5H3,(H2,21,22,23). The second-order valence-corrected chi connectivity index (χ2v) is 7.11. The third-order valence-electron chi connectivity index (χ3n) is 3.98. The minimum Gasteiger partial charge on any atom is -0.490 e. The van der Waals surface area contributed by atoms with Crippen molar-refractivity contribution in [1.29, 1.82) is 0 Å². The molecule has 1 atom stereocenters. The van der Waals surface area contributed by atoms with E-state index in [-0.39, 0.29) is 6.04 Å². The Morgan fingerprint density at radius 3 is 2.59 bits per heavy atom. The zero-order valence-electron chi connectivity index (χ0n) is 16.8. The van der Waals surface area contributed by atoms with Crippen LogP contribution in [0.1, 0.15) is 43.1 Å². The molecule has 0 aliphatic heterocycles. The molecular formula is C20H30N4O2S. The van der Waals surface area contributed by atoms with E-state index in [4.69, 9.17) is 9.47 Å². The first-order valence-electron chi connectivity index (χ1n) is 9.35. The third-order valence-corrected chi connectivity index (χ3v) is 4.81. The van der Waals surface area contributed by atoms with Crippen LogP contribution in [-0.4, -0.2) is 37.7 Å². The molecule has 1 heterocycles. The third kappa shape index (κ3) is 6.43. The summed E-state index contributed by atoms with van der Waals surface area (Å²) in [6.45, 7) is 10.1. The second-order valence-electron chi connectivity index (χ2n) is 6.05. The Kier molecular flexibility index (Phi) is 8.39. The number of rotatable bonds is 9. The summed E-state index contributed by atoms with van der Waals surface area (Å²) in [5.74, 6) is 2.31. The number of aryl methyl sites for hydroxylation is 1. The highest BCUT2D eigenvalue weighted by molar-refractivity contribution is 7.09. The molecule has 0 saturated carbocycles. The van der Waals surface area contributed by atoms with Crippen molar-refractivity contribution in [1.82, 2.24) is 15.6 Å². The van der Waals surface area contributed by atoms with Crippen LogP contribution in [0.3, 0.4) is 0 Å². The molecule has 1 aromatic heterocycles. The Morgan fingerprint density at radius 2 is 1.96 bits per heavy atom. The number of nitrogens with zero attached hydrogens (tertiary/aromatic N) is 2. The van der Waals surface area contributed by atoms with Gasteiger partial charge in [-0.15, -0.1) is 11.3 Å². The number of guanidine groups is 1. The second kappa shape index (κ2) is 10.8. The van der Waals surface area contributed by atoms with E-state index in [1.807, 2.05) is 32.9 Å². The summed E-state index contributed by atoms with van der Waals surface area (Å²) >= 11 is 1.68. The van der Waals surface area contributed by atoms with E-state index in [1.54, 1.807) is 18.4 Å². The number of nitrogens with one attached hydrogen (secondary N) is 2. The molecule has 1 aromatic carbocycles. The Labute approximate surface area is 166 Å². The van der Waals surface area contributed by atoms with E-state index in [9.17, 15) is 0 Å². The highest BCUT2D eigenvalue weighted by atomic mass is 32.1. The van der Waals surface area contributed by atoms with Crippen LogP contribution in [0.15, 0.2) is 28.6 Å². The van der Waals surface area contributed by atoms with Crippen LogP contribution in [0.2, 0.25) is 0 Å². The molecule has 2 rings (SSSR count). The highest BCUT2D eigenvalue weighted by Crippen LogP contribution is 2.30.